The number of H-pyrrole nitrogens is 1. The van der Waals surface area contributed by atoms with E-state index in [9.17, 15) is 9.59 Å². The Bertz CT molecular complexity index is 1610. The van der Waals surface area contributed by atoms with Gasteiger partial charge in [0.1, 0.15) is 21.3 Å². The van der Waals surface area contributed by atoms with Crippen LogP contribution in [0.4, 0.5) is 0 Å². The number of carbonyl (C=O) groups is 1. The molecule has 34 heavy (non-hydrogen) atoms. The predicted octanol–water partition coefficient (Wildman–Crippen LogP) is 2.92. The third kappa shape index (κ3) is 3.55. The van der Waals surface area contributed by atoms with Gasteiger partial charge in [0.2, 0.25) is 0 Å². The largest absolute Gasteiger partial charge is 0.351 e. The zero-order chi connectivity index (χ0) is 23.4. The lowest BCUT2D eigenvalue weighted by atomic mass is 9.84. The first-order valence-corrected chi connectivity index (χ1v) is 11.9. The fourth-order valence-electron chi connectivity index (χ4n) is 4.68. The van der Waals surface area contributed by atoms with Crippen LogP contribution in [-0.4, -0.2) is 61.6 Å². The molecule has 5 aromatic rings. The molecule has 1 saturated heterocycles. The summed E-state index contributed by atoms with van der Waals surface area (Å²) < 4.78 is 1.72. The Labute approximate surface area is 198 Å². The molecule has 1 amide bonds. The standard InChI is InChI=1S/C24H23N7O2S/c1-24(2)12-30(13-24)8-7-26-21(32)15-9-16-19(27-10-15)20-18(22(33)28-16)23-31(29-20)11-17(34-23)14-3-5-25-6-4-14/h3-6,9-11H,7-8,12-13H2,1-2H3,(H,26,32)(H,28,33). The molecule has 1 fully saturated rings. The highest BCUT2D eigenvalue weighted by Gasteiger charge is 2.33. The highest BCUT2D eigenvalue weighted by molar-refractivity contribution is 7.21. The van der Waals surface area contributed by atoms with Gasteiger partial charge in [0.15, 0.2) is 0 Å². The van der Waals surface area contributed by atoms with E-state index in [0.29, 0.717) is 39.5 Å². The Kier molecular flexibility index (Phi) is 4.75. The lowest BCUT2D eigenvalue weighted by Gasteiger charge is -2.45. The van der Waals surface area contributed by atoms with Crippen LogP contribution in [0.3, 0.4) is 0 Å². The van der Waals surface area contributed by atoms with E-state index in [1.54, 1.807) is 23.0 Å². The molecule has 172 valence electrons. The number of hydrogen-bond donors (Lipinski definition) is 2. The predicted molar refractivity (Wildman–Crippen MR) is 132 cm³/mol. The summed E-state index contributed by atoms with van der Waals surface area (Å²) in [5.41, 5.74) is 3.13. The molecule has 6 heterocycles. The molecular weight excluding hydrogens is 450 g/mol. The van der Waals surface area contributed by atoms with Crippen molar-refractivity contribution in [2.45, 2.75) is 13.8 Å². The molecule has 0 bridgehead atoms. The molecule has 1 aliphatic heterocycles. The zero-order valence-corrected chi connectivity index (χ0v) is 19.6. The first-order chi connectivity index (χ1) is 16.4. The van der Waals surface area contributed by atoms with Crippen molar-refractivity contribution in [1.82, 2.24) is 34.8 Å². The first-order valence-electron chi connectivity index (χ1n) is 11.1. The van der Waals surface area contributed by atoms with Gasteiger partial charge in [-0.3, -0.25) is 19.6 Å². The molecule has 0 spiro atoms. The van der Waals surface area contributed by atoms with Gasteiger partial charge < -0.3 is 15.2 Å². The Balaban J connectivity index is 1.29. The van der Waals surface area contributed by atoms with Gasteiger partial charge in [-0.05, 0) is 29.2 Å². The van der Waals surface area contributed by atoms with Crippen molar-refractivity contribution in [3.8, 4) is 10.4 Å². The third-order valence-electron chi connectivity index (χ3n) is 6.14. The Morgan fingerprint density at radius 3 is 2.79 bits per heavy atom. The Morgan fingerprint density at radius 2 is 2.03 bits per heavy atom. The summed E-state index contributed by atoms with van der Waals surface area (Å²) in [6.07, 6.45) is 6.92. The second kappa shape index (κ2) is 7.71. The molecule has 2 N–H and O–H groups in total. The van der Waals surface area contributed by atoms with E-state index < -0.39 is 0 Å². The minimum atomic E-state index is -0.250. The molecule has 0 aromatic carbocycles. The number of aromatic nitrogens is 5. The molecule has 9 nitrogen and oxygen atoms in total. The van der Waals surface area contributed by atoms with Gasteiger partial charge in [-0.25, -0.2) is 4.52 Å². The Morgan fingerprint density at radius 1 is 1.24 bits per heavy atom. The molecule has 5 aromatic heterocycles. The van der Waals surface area contributed by atoms with E-state index in [2.05, 4.69) is 44.1 Å². The Hall–Kier alpha value is -3.63. The maximum atomic E-state index is 13.0. The third-order valence-corrected chi connectivity index (χ3v) is 7.29. The second-order valence-electron chi connectivity index (χ2n) is 9.51. The van der Waals surface area contributed by atoms with Crippen LogP contribution in [0.25, 0.3) is 37.2 Å². The van der Waals surface area contributed by atoms with E-state index in [1.807, 2.05) is 18.3 Å². The number of nitrogens with zero attached hydrogens (tertiary/aromatic N) is 5. The van der Waals surface area contributed by atoms with E-state index in [-0.39, 0.29) is 11.5 Å². The maximum Gasteiger partial charge on any atom is 0.261 e. The van der Waals surface area contributed by atoms with Gasteiger partial charge in [-0.1, -0.05) is 13.8 Å². The van der Waals surface area contributed by atoms with E-state index >= 15 is 0 Å². The lowest BCUT2D eigenvalue weighted by molar-refractivity contribution is 0.0323. The van der Waals surface area contributed by atoms with Crippen LogP contribution in [0.15, 0.2) is 47.8 Å². The van der Waals surface area contributed by atoms with Crippen molar-refractivity contribution in [2.75, 3.05) is 26.2 Å². The molecule has 0 saturated carbocycles. The molecule has 10 heteroatoms. The van der Waals surface area contributed by atoms with Gasteiger partial charge >= 0.3 is 0 Å². The van der Waals surface area contributed by atoms with Crippen LogP contribution in [0, 0.1) is 5.41 Å². The van der Waals surface area contributed by atoms with Gasteiger partial charge in [0, 0.05) is 51.0 Å². The van der Waals surface area contributed by atoms with Crippen LogP contribution in [0.1, 0.15) is 24.2 Å². The number of fused-ring (bicyclic) bond motifs is 5. The van der Waals surface area contributed by atoms with Crippen LogP contribution in [0.2, 0.25) is 0 Å². The molecule has 1 aliphatic rings. The fourth-order valence-corrected chi connectivity index (χ4v) is 5.77. The fraction of sp³-hybridized carbons (Fsp3) is 0.292. The number of amides is 1. The van der Waals surface area contributed by atoms with Gasteiger partial charge in [0.25, 0.3) is 11.5 Å². The van der Waals surface area contributed by atoms with Crippen molar-refractivity contribution in [2.24, 2.45) is 5.41 Å². The topological polar surface area (TPSA) is 108 Å². The van der Waals surface area contributed by atoms with Crippen molar-refractivity contribution >= 4 is 44.0 Å². The van der Waals surface area contributed by atoms with Crippen molar-refractivity contribution < 1.29 is 4.79 Å². The number of pyridine rings is 3. The summed E-state index contributed by atoms with van der Waals surface area (Å²) in [6, 6.07) is 5.51. The summed E-state index contributed by atoms with van der Waals surface area (Å²) in [4.78, 5) is 41.1. The number of aromatic amines is 1. The second-order valence-corrected chi connectivity index (χ2v) is 10.5. The average Bonchev–Trinajstić information content (AvgIpc) is 3.36. The number of rotatable bonds is 5. The number of thiazole rings is 1. The minimum absolute atomic E-state index is 0.206. The van der Waals surface area contributed by atoms with E-state index in [1.165, 1.54) is 17.5 Å². The van der Waals surface area contributed by atoms with Gasteiger partial charge in [0.05, 0.1) is 16.0 Å². The van der Waals surface area contributed by atoms with Crippen LogP contribution in [-0.2, 0) is 0 Å². The smallest absolute Gasteiger partial charge is 0.261 e. The zero-order valence-electron chi connectivity index (χ0n) is 18.8. The van der Waals surface area contributed by atoms with Gasteiger partial charge in [-0.2, -0.15) is 5.10 Å². The number of likely N-dealkylation sites (tertiary alicyclic amines) is 1. The number of nitrogens with one attached hydrogen (secondary N) is 2. The maximum absolute atomic E-state index is 13.0. The molecular formula is C24H23N7O2S. The molecule has 0 unspecified atom stereocenters. The van der Waals surface area contributed by atoms with E-state index in [4.69, 9.17) is 0 Å². The highest BCUT2D eigenvalue weighted by atomic mass is 32.1. The summed E-state index contributed by atoms with van der Waals surface area (Å²) in [7, 11) is 0. The molecule has 0 aliphatic carbocycles. The molecule has 0 radical (unpaired) electrons. The molecule has 0 atom stereocenters. The average molecular weight is 474 g/mol. The van der Waals surface area contributed by atoms with Crippen molar-refractivity contribution in [1.29, 1.82) is 0 Å². The van der Waals surface area contributed by atoms with Crippen molar-refractivity contribution in [3.63, 3.8) is 0 Å². The van der Waals surface area contributed by atoms with Crippen molar-refractivity contribution in [3.05, 3.63) is 58.9 Å². The van der Waals surface area contributed by atoms with Crippen LogP contribution < -0.4 is 10.9 Å². The highest BCUT2D eigenvalue weighted by Crippen LogP contribution is 2.33. The lowest BCUT2D eigenvalue weighted by Crippen LogP contribution is -2.54. The summed E-state index contributed by atoms with van der Waals surface area (Å²) in [5.74, 6) is -0.206. The van der Waals surface area contributed by atoms with Crippen LogP contribution in [0.5, 0.6) is 0 Å². The van der Waals surface area contributed by atoms with Crippen LogP contribution >= 0.6 is 11.3 Å². The van der Waals surface area contributed by atoms with E-state index in [0.717, 1.165) is 34.9 Å². The summed E-state index contributed by atoms with van der Waals surface area (Å²) >= 11 is 1.49. The summed E-state index contributed by atoms with van der Waals surface area (Å²) in [5, 5.41) is 8.09. The quantitative estimate of drug-likeness (QED) is 0.406. The monoisotopic (exact) mass is 473 g/mol. The first kappa shape index (κ1) is 20.9. The summed E-state index contributed by atoms with van der Waals surface area (Å²) in [6.45, 7) is 7.96. The molecule has 6 rings (SSSR count). The normalized spacial score (nSPS) is 15.7. The SMILES string of the molecule is CC1(C)CN(CCNC(=O)c2cnc3c(c2)[nH]c(=O)c2c3nn3cc(-c4ccncc4)sc23)C1. The van der Waals surface area contributed by atoms with Gasteiger partial charge in [-0.15, -0.1) is 11.3 Å². The number of hydrogen-bond acceptors (Lipinski definition) is 7. The minimum Gasteiger partial charge on any atom is -0.351 e. The number of carbonyl (C=O) groups excluding carboxylic acids is 1.